The van der Waals surface area contributed by atoms with Gasteiger partial charge in [-0.2, -0.15) is 0 Å². The van der Waals surface area contributed by atoms with Gasteiger partial charge in [-0.15, -0.1) is 0 Å². The summed E-state index contributed by atoms with van der Waals surface area (Å²) in [5.74, 6) is 0.755. The molecular formula is C28H29ClN2O3. The molecule has 0 spiro atoms. The van der Waals surface area contributed by atoms with E-state index in [1.165, 1.54) is 0 Å². The second kappa shape index (κ2) is 10.7. The van der Waals surface area contributed by atoms with E-state index in [0.717, 1.165) is 22.4 Å². The molecule has 3 aromatic rings. The summed E-state index contributed by atoms with van der Waals surface area (Å²) in [6.07, 6.45) is 2.70. The van der Waals surface area contributed by atoms with E-state index in [0.29, 0.717) is 37.1 Å². The van der Waals surface area contributed by atoms with E-state index < -0.39 is 5.54 Å². The monoisotopic (exact) mass is 476 g/mol. The molecule has 1 heterocycles. The summed E-state index contributed by atoms with van der Waals surface area (Å²) in [5, 5.41) is 7.00. The Kier molecular flexibility index (Phi) is 7.53. The van der Waals surface area contributed by atoms with E-state index >= 15 is 0 Å². The maximum Gasteiger partial charge on any atom is 0.220 e. The molecule has 0 bridgehead atoms. The summed E-state index contributed by atoms with van der Waals surface area (Å²) < 4.78 is 5.35. The van der Waals surface area contributed by atoms with Crippen molar-refractivity contribution in [2.75, 3.05) is 7.11 Å². The van der Waals surface area contributed by atoms with E-state index in [1.54, 1.807) is 7.11 Å². The normalized spacial score (nSPS) is 18.2. The van der Waals surface area contributed by atoms with Crippen molar-refractivity contribution in [2.24, 2.45) is 0 Å². The number of benzene rings is 3. The van der Waals surface area contributed by atoms with E-state index in [1.807, 2.05) is 78.9 Å². The van der Waals surface area contributed by atoms with Crippen LogP contribution in [-0.2, 0) is 16.0 Å². The van der Waals surface area contributed by atoms with Crippen LogP contribution >= 0.6 is 11.6 Å². The Labute approximate surface area is 205 Å². The summed E-state index contributed by atoms with van der Waals surface area (Å²) in [5.41, 5.74) is 2.59. The third-order valence-electron chi connectivity index (χ3n) is 6.38. The average Bonchev–Trinajstić information content (AvgIpc) is 3.23. The number of carbonyl (C=O) groups excluding carboxylic acids is 2. The molecule has 0 saturated carbocycles. The van der Waals surface area contributed by atoms with Crippen LogP contribution in [0.2, 0.25) is 5.02 Å². The minimum Gasteiger partial charge on any atom is -0.497 e. The number of ether oxygens (including phenoxy) is 1. The summed E-state index contributed by atoms with van der Waals surface area (Å²) in [6, 6.07) is 25.0. The van der Waals surface area contributed by atoms with Crippen LogP contribution in [0.25, 0.3) is 0 Å². The molecule has 34 heavy (non-hydrogen) atoms. The first-order chi connectivity index (χ1) is 16.5. The van der Waals surface area contributed by atoms with E-state index in [2.05, 4.69) is 10.6 Å². The molecule has 1 aliphatic heterocycles. The van der Waals surface area contributed by atoms with Gasteiger partial charge in [-0.1, -0.05) is 66.2 Å². The Balaban J connectivity index is 1.48. The largest absolute Gasteiger partial charge is 0.497 e. The van der Waals surface area contributed by atoms with Gasteiger partial charge in [0.25, 0.3) is 0 Å². The lowest BCUT2D eigenvalue weighted by Crippen LogP contribution is -2.44. The van der Waals surface area contributed by atoms with Crippen LogP contribution in [0.5, 0.6) is 5.75 Å². The molecule has 3 aromatic carbocycles. The predicted octanol–water partition coefficient (Wildman–Crippen LogP) is 5.23. The highest BCUT2D eigenvalue weighted by Crippen LogP contribution is 2.31. The van der Waals surface area contributed by atoms with Crippen molar-refractivity contribution in [3.05, 3.63) is 101 Å². The molecule has 0 aliphatic carbocycles. The van der Waals surface area contributed by atoms with Gasteiger partial charge in [-0.25, -0.2) is 0 Å². The molecule has 6 heteroatoms. The van der Waals surface area contributed by atoms with Crippen LogP contribution in [0, 0.1) is 0 Å². The maximum atomic E-state index is 13.1. The van der Waals surface area contributed by atoms with Gasteiger partial charge in [0.2, 0.25) is 11.8 Å². The van der Waals surface area contributed by atoms with Crippen LogP contribution in [-0.4, -0.2) is 24.5 Å². The Morgan fingerprint density at radius 1 is 1.06 bits per heavy atom. The zero-order valence-corrected chi connectivity index (χ0v) is 20.0. The molecule has 176 valence electrons. The number of hydrogen-bond acceptors (Lipinski definition) is 3. The fraction of sp³-hybridized carbons (Fsp3) is 0.286. The second-order valence-electron chi connectivity index (χ2n) is 8.82. The molecule has 1 aliphatic rings. The first-order valence-electron chi connectivity index (χ1n) is 11.5. The fourth-order valence-electron chi connectivity index (χ4n) is 4.60. The van der Waals surface area contributed by atoms with Gasteiger partial charge in [0.15, 0.2) is 0 Å². The van der Waals surface area contributed by atoms with E-state index in [-0.39, 0.29) is 17.9 Å². The summed E-state index contributed by atoms with van der Waals surface area (Å²) in [4.78, 5) is 25.3. The lowest BCUT2D eigenvalue weighted by atomic mass is 9.84. The molecule has 0 radical (unpaired) electrons. The van der Waals surface area contributed by atoms with Gasteiger partial charge >= 0.3 is 0 Å². The lowest BCUT2D eigenvalue weighted by Gasteiger charge is -2.30. The Morgan fingerprint density at radius 2 is 1.79 bits per heavy atom. The number of amides is 2. The minimum absolute atomic E-state index is 0.0339. The fourth-order valence-corrected chi connectivity index (χ4v) is 4.73. The highest BCUT2D eigenvalue weighted by Gasteiger charge is 2.38. The third-order valence-corrected chi connectivity index (χ3v) is 6.64. The minimum atomic E-state index is -0.441. The molecule has 4 rings (SSSR count). The van der Waals surface area contributed by atoms with Crippen molar-refractivity contribution in [2.45, 2.75) is 43.7 Å². The number of methoxy groups -OCH3 is 1. The average molecular weight is 477 g/mol. The van der Waals surface area contributed by atoms with Gasteiger partial charge in [0.05, 0.1) is 13.2 Å². The summed E-state index contributed by atoms with van der Waals surface area (Å²) in [6.45, 7) is 0. The molecular weight excluding hydrogens is 448 g/mol. The van der Waals surface area contributed by atoms with Crippen molar-refractivity contribution < 1.29 is 14.3 Å². The van der Waals surface area contributed by atoms with Crippen molar-refractivity contribution >= 4 is 23.4 Å². The number of hydrogen-bond donors (Lipinski definition) is 2. The van der Waals surface area contributed by atoms with Crippen molar-refractivity contribution in [1.29, 1.82) is 0 Å². The SMILES string of the molecule is COc1cccc(C[C@]2(CCC(=O)N[C@@H](c3ccccc3)c3ccc(Cl)cc3)CCC(=O)N2)c1. The van der Waals surface area contributed by atoms with Crippen LogP contribution in [0.1, 0.15) is 48.4 Å². The summed E-state index contributed by atoms with van der Waals surface area (Å²) >= 11 is 6.07. The first kappa shape index (κ1) is 23.8. The van der Waals surface area contributed by atoms with Crippen molar-refractivity contribution in [3.8, 4) is 5.75 Å². The number of rotatable bonds is 9. The van der Waals surface area contributed by atoms with Gasteiger partial charge in [0.1, 0.15) is 5.75 Å². The Bertz CT molecular complexity index is 1130. The van der Waals surface area contributed by atoms with Gasteiger partial charge < -0.3 is 15.4 Å². The third kappa shape index (κ3) is 5.97. The smallest absolute Gasteiger partial charge is 0.220 e. The molecule has 5 nitrogen and oxygen atoms in total. The molecule has 1 saturated heterocycles. The highest BCUT2D eigenvalue weighted by atomic mass is 35.5. The van der Waals surface area contributed by atoms with Gasteiger partial charge in [-0.05, 0) is 60.2 Å². The van der Waals surface area contributed by atoms with Gasteiger partial charge in [0, 0.05) is 23.4 Å². The zero-order valence-electron chi connectivity index (χ0n) is 19.2. The van der Waals surface area contributed by atoms with E-state index in [9.17, 15) is 9.59 Å². The molecule has 2 atom stereocenters. The number of nitrogens with one attached hydrogen (secondary N) is 2. The number of halogens is 1. The first-order valence-corrected chi connectivity index (χ1v) is 11.9. The Morgan fingerprint density at radius 3 is 2.47 bits per heavy atom. The van der Waals surface area contributed by atoms with Crippen LogP contribution in [0.4, 0.5) is 0 Å². The van der Waals surface area contributed by atoms with E-state index in [4.69, 9.17) is 16.3 Å². The molecule has 0 unspecified atom stereocenters. The predicted molar refractivity (Wildman–Crippen MR) is 134 cm³/mol. The van der Waals surface area contributed by atoms with Crippen molar-refractivity contribution in [1.82, 2.24) is 10.6 Å². The maximum absolute atomic E-state index is 13.1. The van der Waals surface area contributed by atoms with Crippen LogP contribution in [0.15, 0.2) is 78.9 Å². The van der Waals surface area contributed by atoms with Crippen LogP contribution < -0.4 is 15.4 Å². The topological polar surface area (TPSA) is 67.4 Å². The molecule has 2 amide bonds. The second-order valence-corrected chi connectivity index (χ2v) is 9.26. The lowest BCUT2D eigenvalue weighted by molar-refractivity contribution is -0.123. The zero-order chi connectivity index (χ0) is 24.0. The number of carbonyl (C=O) groups is 2. The quantitative estimate of drug-likeness (QED) is 0.444. The summed E-state index contributed by atoms with van der Waals surface area (Å²) in [7, 11) is 1.64. The van der Waals surface area contributed by atoms with Gasteiger partial charge in [-0.3, -0.25) is 9.59 Å². The molecule has 2 N–H and O–H groups in total. The molecule has 1 fully saturated rings. The van der Waals surface area contributed by atoms with Crippen molar-refractivity contribution in [3.63, 3.8) is 0 Å². The Hall–Kier alpha value is -3.31. The molecule has 0 aromatic heterocycles. The van der Waals surface area contributed by atoms with Crippen LogP contribution in [0.3, 0.4) is 0 Å². The standard InChI is InChI=1S/C28H29ClN2O3/c1-34-24-9-5-6-20(18-24)19-28(17-15-26(33)31-28)16-14-25(32)30-27(21-7-3-2-4-8-21)22-10-12-23(29)13-11-22/h2-13,18,27H,14-17,19H2,1H3,(H,30,32)(H,31,33)/t27-,28-/m0/s1. The highest BCUT2D eigenvalue weighted by molar-refractivity contribution is 6.30.